The highest BCUT2D eigenvalue weighted by molar-refractivity contribution is 5.97. The van der Waals surface area contributed by atoms with Gasteiger partial charge < -0.3 is 10.0 Å². The molecule has 2 aromatic carbocycles. The van der Waals surface area contributed by atoms with Gasteiger partial charge in [0.15, 0.2) is 5.78 Å². The summed E-state index contributed by atoms with van der Waals surface area (Å²) in [5, 5.41) is 10.5. The van der Waals surface area contributed by atoms with E-state index < -0.39 is 0 Å². The Morgan fingerprint density at radius 2 is 1.68 bits per heavy atom. The Hall–Kier alpha value is -2.01. The maximum atomic E-state index is 12.9. The monoisotopic (exact) mass is 422 g/mol. The molecule has 0 spiro atoms. The molecule has 0 saturated carbocycles. The van der Waals surface area contributed by atoms with Crippen LogP contribution in [0.4, 0.5) is 0 Å². The molecular formula is C27H38N2O2. The summed E-state index contributed by atoms with van der Waals surface area (Å²) in [7, 11) is 2.05. The van der Waals surface area contributed by atoms with Crippen LogP contribution >= 0.6 is 0 Å². The molecule has 1 atom stereocenters. The third-order valence-corrected chi connectivity index (χ3v) is 6.13. The minimum atomic E-state index is -0.380. The summed E-state index contributed by atoms with van der Waals surface area (Å²) in [5.74, 6) is 1.00. The maximum absolute atomic E-state index is 12.9. The minimum absolute atomic E-state index is 0.102. The molecule has 1 aliphatic heterocycles. The second-order valence-electron chi connectivity index (χ2n) is 9.57. The molecule has 168 valence electrons. The van der Waals surface area contributed by atoms with Crippen LogP contribution in [-0.2, 0) is 13.0 Å². The molecule has 1 fully saturated rings. The van der Waals surface area contributed by atoms with Crippen molar-refractivity contribution in [3.05, 3.63) is 71.3 Å². The lowest BCUT2D eigenvalue weighted by Crippen LogP contribution is -2.43. The first-order valence-corrected chi connectivity index (χ1v) is 11.7. The Labute approximate surface area is 187 Å². The van der Waals surface area contributed by atoms with Gasteiger partial charge in [-0.25, -0.2) is 0 Å². The van der Waals surface area contributed by atoms with E-state index in [0.717, 1.165) is 44.5 Å². The van der Waals surface area contributed by atoms with E-state index in [0.29, 0.717) is 19.0 Å². The van der Waals surface area contributed by atoms with Crippen molar-refractivity contribution in [1.29, 1.82) is 0 Å². The third-order valence-electron chi connectivity index (χ3n) is 6.13. The lowest BCUT2D eigenvalue weighted by molar-refractivity contribution is 0.0601. The number of likely N-dealkylation sites (tertiary alicyclic amines) is 1. The van der Waals surface area contributed by atoms with Crippen molar-refractivity contribution >= 4 is 5.78 Å². The smallest absolute Gasteiger partial charge is 0.166 e. The molecule has 31 heavy (non-hydrogen) atoms. The molecule has 1 saturated heterocycles. The molecule has 0 bridgehead atoms. The van der Waals surface area contributed by atoms with Gasteiger partial charge in [0.2, 0.25) is 0 Å². The van der Waals surface area contributed by atoms with Crippen molar-refractivity contribution in [3.8, 4) is 0 Å². The molecule has 1 unspecified atom stereocenters. The fourth-order valence-corrected chi connectivity index (χ4v) is 4.57. The number of rotatable bonds is 10. The van der Waals surface area contributed by atoms with E-state index >= 15 is 0 Å². The average Bonchev–Trinajstić information content (AvgIpc) is 2.74. The number of piperidine rings is 1. The van der Waals surface area contributed by atoms with E-state index in [2.05, 4.69) is 47.9 Å². The lowest BCUT2D eigenvalue weighted by Gasteiger charge is -2.33. The highest BCUT2D eigenvalue weighted by atomic mass is 16.3. The van der Waals surface area contributed by atoms with Crippen LogP contribution in [0.5, 0.6) is 0 Å². The zero-order valence-electron chi connectivity index (χ0n) is 19.3. The number of carbonyl (C=O) groups excluding carboxylic acids is 1. The first kappa shape index (κ1) is 23.6. The molecule has 0 aromatic heterocycles. The lowest BCUT2D eigenvalue weighted by atomic mass is 9.88. The molecule has 2 aromatic rings. The summed E-state index contributed by atoms with van der Waals surface area (Å²) in [4.78, 5) is 17.4. The number of aliphatic hydroxyl groups excluding tert-OH is 1. The number of β-amino-alcohol motifs (C(OH)–C–C–N with tert-alkyl or cyclic N) is 1. The van der Waals surface area contributed by atoms with E-state index in [1.807, 2.05) is 37.4 Å². The number of ketones is 1. The summed E-state index contributed by atoms with van der Waals surface area (Å²) in [5.41, 5.74) is 3.40. The number of carbonyl (C=O) groups is 1. The van der Waals surface area contributed by atoms with Gasteiger partial charge >= 0.3 is 0 Å². The predicted octanol–water partition coefficient (Wildman–Crippen LogP) is 4.27. The van der Waals surface area contributed by atoms with Crippen molar-refractivity contribution in [3.63, 3.8) is 0 Å². The number of aliphatic hydroxyl groups is 1. The average molecular weight is 423 g/mol. The number of likely N-dealkylation sites (N-methyl/N-ethyl adjacent to an activating group) is 1. The summed E-state index contributed by atoms with van der Waals surface area (Å²) >= 11 is 0. The highest BCUT2D eigenvalue weighted by Gasteiger charge is 2.26. The van der Waals surface area contributed by atoms with Crippen LogP contribution in [0.1, 0.15) is 48.2 Å². The number of hydrogen-bond acceptors (Lipinski definition) is 4. The Balaban J connectivity index is 1.41. The van der Waals surface area contributed by atoms with Gasteiger partial charge in [0.25, 0.3) is 0 Å². The minimum Gasteiger partial charge on any atom is -0.390 e. The summed E-state index contributed by atoms with van der Waals surface area (Å²) in [6, 6.07) is 18.5. The van der Waals surface area contributed by atoms with Crippen molar-refractivity contribution in [1.82, 2.24) is 9.80 Å². The van der Waals surface area contributed by atoms with Gasteiger partial charge in [-0.2, -0.15) is 0 Å². The van der Waals surface area contributed by atoms with Crippen LogP contribution in [0.15, 0.2) is 54.6 Å². The van der Waals surface area contributed by atoms with Gasteiger partial charge in [-0.05, 0) is 56.4 Å². The number of Topliss-reactive ketones (excluding diaryl/α,β-unsaturated/α-hetero) is 1. The standard InChI is InChI=1S/C27H38N2O2/c1-21(2)17-22-9-11-24(12-10-22)27(31)25-13-15-29(16-14-25)20-26(30)19-28(3)18-23-7-5-4-6-8-23/h4-12,21,25-26,30H,13-20H2,1-3H3. The fourth-order valence-electron chi connectivity index (χ4n) is 4.57. The molecule has 0 radical (unpaired) electrons. The van der Waals surface area contributed by atoms with Gasteiger partial charge in [0.1, 0.15) is 0 Å². The van der Waals surface area contributed by atoms with Gasteiger partial charge in [0.05, 0.1) is 6.10 Å². The molecule has 0 amide bonds. The normalized spacial score (nSPS) is 16.7. The zero-order chi connectivity index (χ0) is 22.2. The first-order chi connectivity index (χ1) is 14.9. The van der Waals surface area contributed by atoms with E-state index in [1.165, 1.54) is 11.1 Å². The Morgan fingerprint density at radius 3 is 2.29 bits per heavy atom. The largest absolute Gasteiger partial charge is 0.390 e. The number of nitrogens with zero attached hydrogens (tertiary/aromatic N) is 2. The number of hydrogen-bond donors (Lipinski definition) is 1. The van der Waals surface area contributed by atoms with Gasteiger partial charge in [-0.15, -0.1) is 0 Å². The first-order valence-electron chi connectivity index (χ1n) is 11.7. The summed E-state index contributed by atoms with van der Waals surface area (Å²) < 4.78 is 0. The van der Waals surface area contributed by atoms with Crippen LogP contribution in [-0.4, -0.2) is 60.0 Å². The Morgan fingerprint density at radius 1 is 1.03 bits per heavy atom. The summed E-state index contributed by atoms with van der Waals surface area (Å²) in [6.45, 7) is 8.34. The van der Waals surface area contributed by atoms with Crippen molar-refractivity contribution < 1.29 is 9.90 Å². The molecule has 0 aliphatic carbocycles. The predicted molar refractivity (Wildman–Crippen MR) is 127 cm³/mol. The highest BCUT2D eigenvalue weighted by Crippen LogP contribution is 2.23. The molecular weight excluding hydrogens is 384 g/mol. The van der Waals surface area contributed by atoms with Crippen LogP contribution in [0.25, 0.3) is 0 Å². The van der Waals surface area contributed by atoms with Crippen molar-refractivity contribution in [2.24, 2.45) is 11.8 Å². The topological polar surface area (TPSA) is 43.8 Å². The molecule has 1 N–H and O–H groups in total. The van der Waals surface area contributed by atoms with E-state index in [9.17, 15) is 9.90 Å². The van der Waals surface area contributed by atoms with Gasteiger partial charge in [-0.3, -0.25) is 9.69 Å². The Bertz CT molecular complexity index is 796. The van der Waals surface area contributed by atoms with Gasteiger partial charge in [-0.1, -0.05) is 68.4 Å². The van der Waals surface area contributed by atoms with E-state index in [-0.39, 0.29) is 17.8 Å². The molecule has 4 heteroatoms. The van der Waals surface area contributed by atoms with Crippen LogP contribution in [0.2, 0.25) is 0 Å². The number of benzene rings is 2. The van der Waals surface area contributed by atoms with E-state index in [4.69, 9.17) is 0 Å². The van der Waals surface area contributed by atoms with Crippen LogP contribution in [0.3, 0.4) is 0 Å². The Kier molecular flexibility index (Phi) is 8.82. The summed E-state index contributed by atoms with van der Waals surface area (Å²) in [6.07, 6.45) is 2.42. The molecule has 4 nitrogen and oxygen atoms in total. The molecule has 1 aliphatic rings. The van der Waals surface area contributed by atoms with Gasteiger partial charge in [0, 0.05) is 31.1 Å². The van der Waals surface area contributed by atoms with E-state index in [1.54, 1.807) is 0 Å². The van der Waals surface area contributed by atoms with Crippen molar-refractivity contribution in [2.75, 3.05) is 33.2 Å². The third kappa shape index (κ3) is 7.57. The quantitative estimate of drug-likeness (QED) is 0.581. The van der Waals surface area contributed by atoms with Crippen LogP contribution in [0, 0.1) is 11.8 Å². The second-order valence-corrected chi connectivity index (χ2v) is 9.57. The fraction of sp³-hybridized carbons (Fsp3) is 0.519. The van der Waals surface area contributed by atoms with Crippen LogP contribution < -0.4 is 0 Å². The van der Waals surface area contributed by atoms with Crippen molar-refractivity contribution in [2.45, 2.75) is 45.8 Å². The molecule has 3 rings (SSSR count). The molecule has 1 heterocycles. The second kappa shape index (κ2) is 11.6. The zero-order valence-corrected chi connectivity index (χ0v) is 19.3. The SMILES string of the molecule is CC(C)Cc1ccc(C(=O)C2CCN(CC(O)CN(C)Cc3ccccc3)CC2)cc1. The maximum Gasteiger partial charge on any atom is 0.166 e.